The molecule has 0 aromatic heterocycles. The molecule has 0 bridgehead atoms. The lowest BCUT2D eigenvalue weighted by Gasteiger charge is -2.13. The van der Waals surface area contributed by atoms with E-state index in [0.717, 1.165) is 12.2 Å². The van der Waals surface area contributed by atoms with Crippen LogP contribution in [-0.4, -0.2) is 25.2 Å². The second kappa shape index (κ2) is 5.97. The van der Waals surface area contributed by atoms with Gasteiger partial charge in [0.05, 0.1) is 12.3 Å². The van der Waals surface area contributed by atoms with Gasteiger partial charge in [-0.2, -0.15) is 0 Å². The summed E-state index contributed by atoms with van der Waals surface area (Å²) in [6, 6.07) is 14.8. The summed E-state index contributed by atoms with van der Waals surface area (Å²) in [5.41, 5.74) is 2.38. The Labute approximate surface area is 123 Å². The van der Waals surface area contributed by atoms with Gasteiger partial charge in [-0.05, 0) is 36.8 Å². The molecule has 1 fully saturated rings. The smallest absolute Gasteiger partial charge is 0.255 e. The molecule has 0 aliphatic carbocycles. The van der Waals surface area contributed by atoms with Crippen molar-refractivity contribution in [2.24, 2.45) is 0 Å². The molecule has 0 radical (unpaired) electrons. The van der Waals surface area contributed by atoms with Crippen LogP contribution in [0.15, 0.2) is 48.5 Å². The number of epoxide rings is 1. The molecule has 1 heterocycles. The minimum absolute atomic E-state index is 0.146. The molecule has 1 N–H and O–H groups in total. The normalized spacial score (nSPS) is 16.3. The van der Waals surface area contributed by atoms with Gasteiger partial charge in [0.1, 0.15) is 18.5 Å². The molecular formula is C17H17NO3. The molecule has 3 rings (SSSR count). The van der Waals surface area contributed by atoms with Gasteiger partial charge in [0.15, 0.2) is 0 Å². The van der Waals surface area contributed by atoms with E-state index >= 15 is 0 Å². The van der Waals surface area contributed by atoms with Crippen LogP contribution in [0.5, 0.6) is 5.75 Å². The van der Waals surface area contributed by atoms with Gasteiger partial charge in [-0.25, -0.2) is 0 Å². The molecular weight excluding hydrogens is 266 g/mol. The summed E-state index contributed by atoms with van der Waals surface area (Å²) in [7, 11) is 0. The van der Waals surface area contributed by atoms with Crippen LogP contribution in [-0.2, 0) is 4.74 Å². The molecule has 1 amide bonds. The van der Waals surface area contributed by atoms with Crippen LogP contribution in [0.4, 0.5) is 5.69 Å². The summed E-state index contributed by atoms with van der Waals surface area (Å²) < 4.78 is 10.9. The van der Waals surface area contributed by atoms with Gasteiger partial charge in [0.2, 0.25) is 0 Å². The number of amides is 1. The molecule has 1 aliphatic heterocycles. The number of hydrogen-bond donors (Lipinski definition) is 1. The number of carbonyl (C=O) groups is 1. The lowest BCUT2D eigenvalue weighted by Crippen LogP contribution is -2.14. The first kappa shape index (κ1) is 13.6. The van der Waals surface area contributed by atoms with Gasteiger partial charge >= 0.3 is 0 Å². The topological polar surface area (TPSA) is 50.9 Å². The van der Waals surface area contributed by atoms with Crippen molar-refractivity contribution in [1.82, 2.24) is 0 Å². The molecule has 1 atom stereocenters. The predicted molar refractivity (Wildman–Crippen MR) is 80.8 cm³/mol. The molecule has 0 saturated carbocycles. The third-order valence-electron chi connectivity index (χ3n) is 3.25. The number of rotatable bonds is 5. The highest BCUT2D eigenvalue weighted by Crippen LogP contribution is 2.27. The second-order valence-electron chi connectivity index (χ2n) is 5.09. The van der Waals surface area contributed by atoms with Gasteiger partial charge in [-0.3, -0.25) is 4.79 Å². The summed E-state index contributed by atoms with van der Waals surface area (Å²) in [6.07, 6.45) is 0.184. The third kappa shape index (κ3) is 3.61. The molecule has 108 valence electrons. The van der Waals surface area contributed by atoms with Crippen molar-refractivity contribution in [2.75, 3.05) is 18.5 Å². The first-order valence-corrected chi connectivity index (χ1v) is 6.94. The Bertz CT molecular complexity index is 636. The van der Waals surface area contributed by atoms with E-state index < -0.39 is 0 Å². The summed E-state index contributed by atoms with van der Waals surface area (Å²) in [4.78, 5) is 12.2. The van der Waals surface area contributed by atoms with E-state index in [0.29, 0.717) is 23.6 Å². The van der Waals surface area contributed by atoms with Crippen molar-refractivity contribution < 1.29 is 14.3 Å². The van der Waals surface area contributed by atoms with E-state index in [2.05, 4.69) is 5.32 Å². The van der Waals surface area contributed by atoms with Gasteiger partial charge < -0.3 is 14.8 Å². The van der Waals surface area contributed by atoms with Crippen LogP contribution in [0.2, 0.25) is 0 Å². The first-order valence-electron chi connectivity index (χ1n) is 6.94. The van der Waals surface area contributed by atoms with Crippen molar-refractivity contribution in [3.8, 4) is 5.75 Å². The standard InChI is InChI=1S/C17H17NO3/c1-12-7-8-15(16(9-12)21-11-14-10-20-14)18-17(19)13-5-3-2-4-6-13/h2-9,14H,10-11H2,1H3,(H,18,19). The van der Waals surface area contributed by atoms with Crippen LogP contribution < -0.4 is 10.1 Å². The molecule has 0 spiro atoms. The van der Waals surface area contributed by atoms with Gasteiger partial charge in [-0.1, -0.05) is 24.3 Å². The fourth-order valence-electron chi connectivity index (χ4n) is 1.98. The average molecular weight is 283 g/mol. The van der Waals surface area contributed by atoms with Crippen molar-refractivity contribution in [2.45, 2.75) is 13.0 Å². The number of aryl methyl sites for hydroxylation is 1. The summed E-state index contributed by atoms with van der Waals surface area (Å²) in [5.74, 6) is 0.529. The Morgan fingerprint density at radius 1 is 1.29 bits per heavy atom. The average Bonchev–Trinajstić information content (AvgIpc) is 3.32. The minimum atomic E-state index is -0.146. The quantitative estimate of drug-likeness (QED) is 0.858. The van der Waals surface area contributed by atoms with Crippen molar-refractivity contribution in [3.63, 3.8) is 0 Å². The fourth-order valence-corrected chi connectivity index (χ4v) is 1.98. The summed E-state index contributed by atoms with van der Waals surface area (Å²) in [6.45, 7) is 3.25. The molecule has 4 heteroatoms. The van der Waals surface area contributed by atoms with Crippen LogP contribution in [0, 0.1) is 6.92 Å². The highest BCUT2D eigenvalue weighted by Gasteiger charge is 2.23. The maximum Gasteiger partial charge on any atom is 0.255 e. The van der Waals surface area contributed by atoms with Crippen LogP contribution in [0.1, 0.15) is 15.9 Å². The van der Waals surface area contributed by atoms with Crippen molar-refractivity contribution in [3.05, 3.63) is 59.7 Å². The number of carbonyl (C=O) groups excluding carboxylic acids is 1. The maximum atomic E-state index is 12.2. The lowest BCUT2D eigenvalue weighted by atomic mass is 10.2. The van der Waals surface area contributed by atoms with E-state index in [1.165, 1.54) is 0 Å². The molecule has 2 aromatic rings. The predicted octanol–water partition coefficient (Wildman–Crippen LogP) is 3.02. The Kier molecular flexibility index (Phi) is 3.88. The van der Waals surface area contributed by atoms with Gasteiger partial charge in [-0.15, -0.1) is 0 Å². The summed E-state index contributed by atoms with van der Waals surface area (Å²) in [5, 5.41) is 2.89. The Morgan fingerprint density at radius 3 is 2.76 bits per heavy atom. The first-order chi connectivity index (χ1) is 10.2. The zero-order valence-electron chi connectivity index (χ0n) is 11.8. The second-order valence-corrected chi connectivity index (χ2v) is 5.09. The largest absolute Gasteiger partial charge is 0.489 e. The molecule has 1 unspecified atom stereocenters. The molecule has 4 nitrogen and oxygen atoms in total. The highest BCUT2D eigenvalue weighted by atomic mass is 16.6. The monoisotopic (exact) mass is 283 g/mol. The molecule has 2 aromatic carbocycles. The summed E-state index contributed by atoms with van der Waals surface area (Å²) >= 11 is 0. The number of ether oxygens (including phenoxy) is 2. The lowest BCUT2D eigenvalue weighted by molar-refractivity contribution is 0.102. The third-order valence-corrected chi connectivity index (χ3v) is 3.25. The number of benzene rings is 2. The van der Waals surface area contributed by atoms with Gasteiger partial charge in [0, 0.05) is 5.56 Å². The SMILES string of the molecule is Cc1ccc(NC(=O)c2ccccc2)c(OCC2CO2)c1. The van der Waals surface area contributed by atoms with Crippen LogP contribution in [0.3, 0.4) is 0 Å². The Balaban J connectivity index is 1.75. The number of anilines is 1. The fraction of sp³-hybridized carbons (Fsp3) is 0.235. The van der Waals surface area contributed by atoms with Crippen LogP contribution >= 0.6 is 0 Å². The Hall–Kier alpha value is -2.33. The van der Waals surface area contributed by atoms with E-state index in [9.17, 15) is 4.79 Å². The Morgan fingerprint density at radius 2 is 2.05 bits per heavy atom. The van der Waals surface area contributed by atoms with E-state index in [1.54, 1.807) is 12.1 Å². The molecule has 1 aliphatic rings. The van der Waals surface area contributed by atoms with Gasteiger partial charge in [0.25, 0.3) is 5.91 Å². The van der Waals surface area contributed by atoms with Crippen molar-refractivity contribution >= 4 is 11.6 Å². The van der Waals surface area contributed by atoms with Crippen LogP contribution in [0.25, 0.3) is 0 Å². The number of nitrogens with one attached hydrogen (secondary N) is 1. The molecule has 1 saturated heterocycles. The zero-order valence-corrected chi connectivity index (χ0v) is 11.8. The zero-order chi connectivity index (χ0) is 14.7. The maximum absolute atomic E-state index is 12.2. The molecule has 21 heavy (non-hydrogen) atoms. The minimum Gasteiger partial charge on any atom is -0.489 e. The number of hydrogen-bond acceptors (Lipinski definition) is 3. The van der Waals surface area contributed by atoms with E-state index in [1.807, 2.05) is 43.3 Å². The van der Waals surface area contributed by atoms with E-state index in [4.69, 9.17) is 9.47 Å². The van der Waals surface area contributed by atoms with Crippen molar-refractivity contribution in [1.29, 1.82) is 0 Å². The van der Waals surface area contributed by atoms with E-state index in [-0.39, 0.29) is 12.0 Å². The highest BCUT2D eigenvalue weighted by molar-refractivity contribution is 6.05.